The maximum absolute atomic E-state index is 12.5. The van der Waals surface area contributed by atoms with Gasteiger partial charge in [0.25, 0.3) is 0 Å². The topological polar surface area (TPSA) is 159 Å². The molecule has 0 spiro atoms. The number of aromatic nitrogens is 5. The maximum Gasteiger partial charge on any atom is 0.248 e. The van der Waals surface area contributed by atoms with Gasteiger partial charge < -0.3 is 20.9 Å². The Morgan fingerprint density at radius 2 is 1.85 bits per heavy atom. The number of nitrogens with zero attached hydrogens (tertiary/aromatic N) is 6. The van der Waals surface area contributed by atoms with E-state index in [0.29, 0.717) is 30.7 Å². The van der Waals surface area contributed by atoms with E-state index in [0.717, 1.165) is 64.5 Å². The van der Waals surface area contributed by atoms with Crippen molar-refractivity contribution in [2.45, 2.75) is 58.0 Å². The average Bonchev–Trinajstić information content (AvgIpc) is 3.56. The van der Waals surface area contributed by atoms with Crippen molar-refractivity contribution in [2.24, 2.45) is 5.92 Å². The van der Waals surface area contributed by atoms with Crippen LogP contribution in [0.3, 0.4) is 0 Å². The Morgan fingerprint density at radius 3 is 2.60 bits per heavy atom. The van der Waals surface area contributed by atoms with Crippen LogP contribution in [0.25, 0.3) is 27.7 Å². The lowest BCUT2D eigenvalue weighted by Gasteiger charge is -2.29. The summed E-state index contributed by atoms with van der Waals surface area (Å²) in [5.41, 5.74) is 5.32. The zero-order valence-electron chi connectivity index (χ0n) is 30.4. The molecule has 0 aliphatic heterocycles. The van der Waals surface area contributed by atoms with E-state index in [1.807, 2.05) is 67.7 Å². The van der Waals surface area contributed by atoms with E-state index in [4.69, 9.17) is 15.0 Å². The monoisotopic (exact) mass is 724 g/mol. The summed E-state index contributed by atoms with van der Waals surface area (Å²) in [4.78, 5) is 29.1. The van der Waals surface area contributed by atoms with Gasteiger partial charge in [-0.2, -0.15) is 19.6 Å². The number of fused-ring (bicyclic) bond motifs is 2. The zero-order valence-corrected chi connectivity index (χ0v) is 31.2. The van der Waals surface area contributed by atoms with Crippen molar-refractivity contribution in [2.75, 3.05) is 49.4 Å². The van der Waals surface area contributed by atoms with E-state index < -0.39 is 10.0 Å². The lowest BCUT2D eigenvalue weighted by molar-refractivity contribution is -0.111. The Hall–Kier alpha value is -4.92. The Balaban J connectivity index is 1.22. The molecule has 6 rings (SSSR count). The van der Waals surface area contributed by atoms with Gasteiger partial charge in [0.05, 0.1) is 17.6 Å². The number of rotatable bonds is 14. The van der Waals surface area contributed by atoms with Gasteiger partial charge in [0, 0.05) is 53.6 Å². The Labute approximate surface area is 305 Å². The van der Waals surface area contributed by atoms with Crippen LogP contribution >= 0.6 is 0 Å². The molecule has 1 amide bonds. The first-order chi connectivity index (χ1) is 25.0. The number of pyridine rings is 1. The third-order valence-corrected chi connectivity index (χ3v) is 11.0. The molecule has 274 valence electrons. The second kappa shape index (κ2) is 16.2. The van der Waals surface area contributed by atoms with E-state index >= 15 is 0 Å². The number of nitrogens with one attached hydrogen (secondary N) is 4. The molecule has 0 saturated heterocycles. The van der Waals surface area contributed by atoms with E-state index in [-0.39, 0.29) is 29.5 Å². The summed E-state index contributed by atoms with van der Waals surface area (Å²) < 4.78 is 28.4. The molecule has 4 N–H and O–H groups in total. The number of amides is 1. The highest BCUT2D eigenvalue weighted by atomic mass is 32.2. The van der Waals surface area contributed by atoms with Gasteiger partial charge in [-0.05, 0) is 87.8 Å². The molecule has 0 radical (unpaired) electrons. The smallest absolute Gasteiger partial charge is 0.248 e. The molecule has 13 nitrogen and oxygen atoms in total. The SMILES string of the molecule is CNS(=O)(=O)C[C@H]1CC[C@H](Nc2nc(NCc3ccccc3-c3nccc4cc(NC(=O)/C=C/CN(C)C)ccc34)n3ncc(C(C)C)c3n2)CC1. The summed E-state index contributed by atoms with van der Waals surface area (Å²) in [6, 6.07) is 16.1. The molecular weight excluding hydrogens is 677 g/mol. The van der Waals surface area contributed by atoms with Crippen LogP contribution in [0.1, 0.15) is 56.6 Å². The number of carbonyl (C=O) groups excluding carboxylic acids is 1. The molecule has 2 aromatic carbocycles. The maximum atomic E-state index is 12.5. The fourth-order valence-corrected chi connectivity index (χ4v) is 7.76. The number of carbonyl (C=O) groups is 1. The molecule has 3 heterocycles. The van der Waals surface area contributed by atoms with Crippen LogP contribution in [0.15, 0.2) is 73.1 Å². The molecule has 1 aliphatic carbocycles. The molecule has 3 aromatic heterocycles. The van der Waals surface area contributed by atoms with E-state index in [9.17, 15) is 13.2 Å². The molecule has 14 heteroatoms. The second-order valence-electron chi connectivity index (χ2n) is 14.0. The number of anilines is 3. The lowest BCUT2D eigenvalue weighted by Crippen LogP contribution is -2.32. The van der Waals surface area contributed by atoms with Crippen LogP contribution < -0.4 is 20.7 Å². The number of sulfonamides is 1. The zero-order chi connectivity index (χ0) is 36.8. The Kier molecular flexibility index (Phi) is 11.5. The molecule has 1 fully saturated rings. The quantitative estimate of drug-likeness (QED) is 0.106. The standard InChI is InChI=1S/C38H48N10O3S/c1-25(2)33-23-42-48-36(33)45-37(44-29-14-12-26(13-15-29)24-52(50,51)39-3)46-38(48)41-22-28-9-6-7-10-31(28)35-32-17-16-30(21-27(32)18-19-40-35)43-34(49)11-8-20-47(4)5/h6-11,16-19,21,23,25-26,29,39H,12-15,20,22,24H2,1-5H3,(H,43,49)(H2,41,44,45,46)/b11-8+/t26-,29-. The first-order valence-electron chi connectivity index (χ1n) is 17.8. The van der Waals surface area contributed by atoms with Gasteiger partial charge in [0.1, 0.15) is 0 Å². The molecule has 0 atom stereocenters. The number of hydrogen-bond acceptors (Lipinski definition) is 10. The minimum Gasteiger partial charge on any atom is -0.351 e. The minimum absolute atomic E-state index is 0.137. The fraction of sp³-hybridized carbons (Fsp3) is 0.395. The van der Waals surface area contributed by atoms with Gasteiger partial charge in [-0.3, -0.25) is 9.78 Å². The Morgan fingerprint density at radius 1 is 1.06 bits per heavy atom. The average molecular weight is 725 g/mol. The summed E-state index contributed by atoms with van der Waals surface area (Å²) in [5.74, 6) is 1.41. The Bertz CT molecular complexity index is 2170. The van der Waals surface area contributed by atoms with Gasteiger partial charge in [-0.25, -0.2) is 13.1 Å². The van der Waals surface area contributed by atoms with Gasteiger partial charge in [-0.1, -0.05) is 50.3 Å². The molecule has 1 saturated carbocycles. The summed E-state index contributed by atoms with van der Waals surface area (Å²) in [6.45, 7) is 5.38. The van der Waals surface area contributed by atoms with Gasteiger partial charge >= 0.3 is 0 Å². The number of hydrogen-bond donors (Lipinski definition) is 4. The van der Waals surface area contributed by atoms with Crippen LogP contribution in [-0.2, 0) is 21.4 Å². The van der Waals surface area contributed by atoms with Crippen molar-refractivity contribution in [3.05, 3.63) is 84.2 Å². The molecular formula is C38H48N10O3S. The summed E-state index contributed by atoms with van der Waals surface area (Å²) in [7, 11) is 2.14. The predicted molar refractivity (Wildman–Crippen MR) is 208 cm³/mol. The first-order valence-corrected chi connectivity index (χ1v) is 19.4. The highest BCUT2D eigenvalue weighted by molar-refractivity contribution is 7.89. The molecule has 5 aromatic rings. The van der Waals surface area contributed by atoms with Gasteiger partial charge in [0.15, 0.2) is 5.65 Å². The second-order valence-corrected chi connectivity index (χ2v) is 15.9. The lowest BCUT2D eigenvalue weighted by atomic mass is 9.87. The predicted octanol–water partition coefficient (Wildman–Crippen LogP) is 5.65. The molecule has 0 unspecified atom stereocenters. The normalized spacial score (nSPS) is 16.7. The van der Waals surface area contributed by atoms with Gasteiger partial charge in [-0.15, -0.1) is 0 Å². The third-order valence-electron chi connectivity index (χ3n) is 9.44. The first kappa shape index (κ1) is 36.9. The van der Waals surface area contributed by atoms with Crippen LogP contribution in [0, 0.1) is 5.92 Å². The highest BCUT2D eigenvalue weighted by Gasteiger charge is 2.26. The molecule has 1 aliphatic rings. The van der Waals surface area contributed by atoms with Crippen LogP contribution in [-0.4, -0.2) is 83.3 Å². The third kappa shape index (κ3) is 8.92. The molecule has 0 bridgehead atoms. The highest BCUT2D eigenvalue weighted by Crippen LogP contribution is 2.32. The number of likely N-dealkylation sites (N-methyl/N-ethyl adjacent to an activating group) is 1. The molecule has 52 heavy (non-hydrogen) atoms. The van der Waals surface area contributed by atoms with Crippen molar-refractivity contribution < 1.29 is 13.2 Å². The summed E-state index contributed by atoms with van der Waals surface area (Å²) in [6.07, 6.45) is 10.3. The number of benzene rings is 2. The van der Waals surface area contributed by atoms with Crippen molar-refractivity contribution in [3.8, 4) is 11.3 Å². The van der Waals surface area contributed by atoms with Crippen LogP contribution in [0.4, 0.5) is 17.6 Å². The van der Waals surface area contributed by atoms with E-state index in [1.54, 1.807) is 16.8 Å². The van der Waals surface area contributed by atoms with E-state index in [1.165, 1.54) is 7.05 Å². The van der Waals surface area contributed by atoms with Crippen molar-refractivity contribution in [1.82, 2.24) is 34.2 Å². The van der Waals surface area contributed by atoms with Gasteiger partial charge in [0.2, 0.25) is 27.8 Å². The van der Waals surface area contributed by atoms with Crippen molar-refractivity contribution in [3.63, 3.8) is 0 Å². The minimum atomic E-state index is -3.24. The fourth-order valence-electron chi connectivity index (χ4n) is 6.63. The summed E-state index contributed by atoms with van der Waals surface area (Å²) >= 11 is 0. The van der Waals surface area contributed by atoms with Crippen molar-refractivity contribution >= 4 is 49.9 Å². The van der Waals surface area contributed by atoms with Crippen molar-refractivity contribution in [1.29, 1.82) is 0 Å². The summed E-state index contributed by atoms with van der Waals surface area (Å²) in [5, 5.41) is 16.6. The largest absolute Gasteiger partial charge is 0.351 e. The van der Waals surface area contributed by atoms with Crippen LogP contribution in [0.2, 0.25) is 0 Å². The van der Waals surface area contributed by atoms with Crippen LogP contribution in [0.5, 0.6) is 0 Å². The van der Waals surface area contributed by atoms with E-state index in [2.05, 4.69) is 51.8 Å².